The largest absolute Gasteiger partial charge is 0.387 e. The monoisotopic (exact) mass is 253 g/mol. The molecule has 16 heavy (non-hydrogen) atoms. The number of rotatable bonds is 3. The van der Waals surface area contributed by atoms with Gasteiger partial charge in [0.05, 0.1) is 16.5 Å². The lowest BCUT2D eigenvalue weighted by atomic mass is 10.1. The molecule has 0 saturated carbocycles. The summed E-state index contributed by atoms with van der Waals surface area (Å²) < 4.78 is 0. The topological polar surface area (TPSA) is 33.1 Å². The van der Waals surface area contributed by atoms with Gasteiger partial charge in [-0.2, -0.15) is 0 Å². The van der Waals surface area contributed by atoms with Gasteiger partial charge in [0.25, 0.3) is 0 Å². The molecule has 4 heteroatoms. The molecule has 0 aliphatic heterocycles. The number of halogens is 1. The van der Waals surface area contributed by atoms with Crippen LogP contribution in [0.1, 0.15) is 22.1 Å². The predicted molar refractivity (Wildman–Crippen MR) is 67.0 cm³/mol. The molecule has 1 N–H and O–H groups in total. The first kappa shape index (κ1) is 11.6. The second-order valence-corrected chi connectivity index (χ2v) is 5.04. The van der Waals surface area contributed by atoms with Gasteiger partial charge >= 0.3 is 0 Å². The maximum Gasteiger partial charge on any atom is 0.0938 e. The lowest BCUT2D eigenvalue weighted by Gasteiger charge is -2.10. The molecule has 2 nitrogen and oxygen atoms in total. The van der Waals surface area contributed by atoms with Crippen LogP contribution in [-0.2, 0) is 6.42 Å². The van der Waals surface area contributed by atoms with Crippen LogP contribution in [0.2, 0.25) is 5.02 Å². The average molecular weight is 254 g/mol. The van der Waals surface area contributed by atoms with E-state index in [0.717, 1.165) is 16.0 Å². The quantitative estimate of drug-likeness (QED) is 0.910. The molecule has 84 valence electrons. The fourth-order valence-electron chi connectivity index (χ4n) is 1.52. The van der Waals surface area contributed by atoms with E-state index in [1.165, 1.54) is 11.3 Å². The summed E-state index contributed by atoms with van der Waals surface area (Å²) in [6, 6.07) is 5.87. The van der Waals surface area contributed by atoms with E-state index < -0.39 is 6.10 Å². The lowest BCUT2D eigenvalue weighted by Crippen LogP contribution is -2.00. The van der Waals surface area contributed by atoms with Crippen molar-refractivity contribution in [2.75, 3.05) is 0 Å². The Balaban J connectivity index is 2.15. The third-order valence-electron chi connectivity index (χ3n) is 2.40. The fraction of sp³-hybridized carbons (Fsp3) is 0.250. The van der Waals surface area contributed by atoms with Crippen molar-refractivity contribution in [2.24, 2.45) is 0 Å². The summed E-state index contributed by atoms with van der Waals surface area (Å²) in [6.07, 6.45) is 1.70. The lowest BCUT2D eigenvalue weighted by molar-refractivity contribution is 0.182. The summed E-state index contributed by atoms with van der Waals surface area (Å²) in [5.74, 6) is 0. The second-order valence-electron chi connectivity index (χ2n) is 3.72. The summed E-state index contributed by atoms with van der Waals surface area (Å²) in [5.41, 5.74) is 3.81. The van der Waals surface area contributed by atoms with E-state index in [0.29, 0.717) is 11.4 Å². The van der Waals surface area contributed by atoms with Crippen molar-refractivity contribution in [1.29, 1.82) is 0 Å². The zero-order chi connectivity index (χ0) is 11.5. The molecule has 1 atom stereocenters. The Morgan fingerprint density at radius 3 is 2.94 bits per heavy atom. The highest BCUT2D eigenvalue weighted by Gasteiger charge is 2.12. The number of benzene rings is 1. The molecule has 0 saturated heterocycles. The van der Waals surface area contributed by atoms with Crippen molar-refractivity contribution >= 4 is 22.9 Å². The Morgan fingerprint density at radius 2 is 2.31 bits per heavy atom. The van der Waals surface area contributed by atoms with Gasteiger partial charge in [-0.1, -0.05) is 23.7 Å². The summed E-state index contributed by atoms with van der Waals surface area (Å²) in [6.45, 7) is 2.00. The Morgan fingerprint density at radius 1 is 1.50 bits per heavy atom. The predicted octanol–water partition coefficient (Wildman–Crippen LogP) is 3.38. The summed E-state index contributed by atoms with van der Waals surface area (Å²) in [5, 5.41) is 10.7. The molecule has 0 fully saturated rings. The molecule has 0 aliphatic rings. The smallest absolute Gasteiger partial charge is 0.0938 e. The van der Waals surface area contributed by atoms with Crippen LogP contribution in [0.25, 0.3) is 0 Å². The SMILES string of the molecule is Cc1ccc(CC(O)c2cncs2)c(Cl)c1. The van der Waals surface area contributed by atoms with Crippen molar-refractivity contribution < 1.29 is 5.11 Å². The molecule has 0 radical (unpaired) electrons. The summed E-state index contributed by atoms with van der Waals surface area (Å²) in [7, 11) is 0. The first-order valence-corrected chi connectivity index (χ1v) is 6.24. The average Bonchev–Trinajstić information content (AvgIpc) is 2.75. The van der Waals surface area contributed by atoms with Crippen molar-refractivity contribution in [2.45, 2.75) is 19.4 Å². The minimum atomic E-state index is -0.521. The van der Waals surface area contributed by atoms with E-state index in [9.17, 15) is 5.11 Å². The molecule has 2 rings (SSSR count). The second kappa shape index (κ2) is 4.95. The highest BCUT2D eigenvalue weighted by molar-refractivity contribution is 7.09. The van der Waals surface area contributed by atoms with Crippen LogP contribution < -0.4 is 0 Å². The molecular formula is C12H12ClNOS. The number of aryl methyl sites for hydroxylation is 1. The van der Waals surface area contributed by atoms with Crippen molar-refractivity contribution in [1.82, 2.24) is 4.98 Å². The zero-order valence-electron chi connectivity index (χ0n) is 8.85. The normalized spacial score (nSPS) is 12.7. The minimum absolute atomic E-state index is 0.521. The van der Waals surface area contributed by atoms with E-state index >= 15 is 0 Å². The summed E-state index contributed by atoms with van der Waals surface area (Å²) in [4.78, 5) is 4.82. The van der Waals surface area contributed by atoms with Crippen molar-refractivity contribution in [3.63, 3.8) is 0 Å². The van der Waals surface area contributed by atoms with Crippen LogP contribution >= 0.6 is 22.9 Å². The molecular weight excluding hydrogens is 242 g/mol. The number of nitrogens with zero attached hydrogens (tertiary/aromatic N) is 1. The van der Waals surface area contributed by atoms with Crippen LogP contribution in [0.4, 0.5) is 0 Å². The molecule has 1 aromatic carbocycles. The number of hydrogen-bond acceptors (Lipinski definition) is 3. The molecule has 0 bridgehead atoms. The third kappa shape index (κ3) is 2.61. The van der Waals surface area contributed by atoms with Gasteiger partial charge in [-0.15, -0.1) is 11.3 Å². The van der Waals surface area contributed by atoms with Crippen LogP contribution in [0.3, 0.4) is 0 Å². The van der Waals surface area contributed by atoms with Crippen molar-refractivity contribution in [3.8, 4) is 0 Å². The number of thiazole rings is 1. The first-order chi connectivity index (χ1) is 7.66. The molecule has 1 heterocycles. The number of aliphatic hydroxyl groups excluding tert-OH is 1. The highest BCUT2D eigenvalue weighted by atomic mass is 35.5. The maximum atomic E-state index is 9.97. The van der Waals surface area contributed by atoms with Gasteiger partial charge in [0.15, 0.2) is 0 Å². The Hall–Kier alpha value is -0.900. The molecule has 0 amide bonds. The van der Waals surface area contributed by atoms with Crippen LogP contribution in [0.15, 0.2) is 29.9 Å². The fourth-order valence-corrected chi connectivity index (χ4v) is 2.43. The number of hydrogen-bond donors (Lipinski definition) is 1. The van der Waals surface area contributed by atoms with Gasteiger partial charge in [-0.3, -0.25) is 4.98 Å². The summed E-state index contributed by atoms with van der Waals surface area (Å²) >= 11 is 7.57. The molecule has 2 aromatic rings. The molecule has 1 aromatic heterocycles. The number of aliphatic hydroxyl groups is 1. The van der Waals surface area contributed by atoms with Crippen molar-refractivity contribution in [3.05, 3.63) is 50.9 Å². The Bertz CT molecular complexity index is 470. The van der Waals surface area contributed by atoms with E-state index in [2.05, 4.69) is 4.98 Å². The van der Waals surface area contributed by atoms with Gasteiger partial charge in [0.2, 0.25) is 0 Å². The Labute approximate surface area is 104 Å². The maximum absolute atomic E-state index is 9.97. The van der Waals surface area contributed by atoms with Gasteiger partial charge in [0, 0.05) is 17.6 Å². The first-order valence-electron chi connectivity index (χ1n) is 4.98. The van der Waals surface area contributed by atoms with Gasteiger partial charge < -0.3 is 5.11 Å². The van der Waals surface area contributed by atoms with Crippen LogP contribution in [0, 0.1) is 6.92 Å². The highest BCUT2D eigenvalue weighted by Crippen LogP contribution is 2.25. The van der Waals surface area contributed by atoms with E-state index in [1.807, 2.05) is 25.1 Å². The molecule has 0 spiro atoms. The number of aromatic nitrogens is 1. The molecule has 1 unspecified atom stereocenters. The van der Waals surface area contributed by atoms with Crippen LogP contribution in [0.5, 0.6) is 0 Å². The Kier molecular flexibility index (Phi) is 3.59. The third-order valence-corrected chi connectivity index (χ3v) is 3.63. The van der Waals surface area contributed by atoms with Crippen LogP contribution in [-0.4, -0.2) is 10.1 Å². The van der Waals surface area contributed by atoms with E-state index in [1.54, 1.807) is 11.7 Å². The van der Waals surface area contributed by atoms with E-state index in [4.69, 9.17) is 11.6 Å². The minimum Gasteiger partial charge on any atom is -0.387 e. The van der Waals surface area contributed by atoms with Gasteiger partial charge in [0.1, 0.15) is 0 Å². The molecule has 0 aliphatic carbocycles. The van der Waals surface area contributed by atoms with Gasteiger partial charge in [-0.05, 0) is 24.1 Å². The van der Waals surface area contributed by atoms with E-state index in [-0.39, 0.29) is 0 Å². The van der Waals surface area contributed by atoms with Gasteiger partial charge in [-0.25, -0.2) is 0 Å². The zero-order valence-corrected chi connectivity index (χ0v) is 10.4. The standard InChI is InChI=1S/C12H12ClNOS/c1-8-2-3-9(10(13)4-8)5-11(15)12-6-14-7-16-12/h2-4,6-7,11,15H,5H2,1H3.